The topological polar surface area (TPSA) is 171 Å². The molecule has 0 aliphatic rings. The minimum atomic E-state index is -1.20. The SMILES string of the molecule is CSCC[C@@H](NC(=O)[C@H](N)Cc1ccc(O)cc1)C(=O)N[C@H](C)C(=O)NCC(=O)O. The summed E-state index contributed by atoms with van der Waals surface area (Å²) in [7, 11) is 0. The Morgan fingerprint density at radius 2 is 1.70 bits per heavy atom. The van der Waals surface area contributed by atoms with Gasteiger partial charge in [-0.3, -0.25) is 19.2 Å². The fraction of sp³-hybridized carbons (Fsp3) is 0.474. The molecule has 3 atom stereocenters. The van der Waals surface area contributed by atoms with Crippen molar-refractivity contribution < 1.29 is 29.4 Å². The molecule has 0 saturated heterocycles. The highest BCUT2D eigenvalue weighted by Gasteiger charge is 2.26. The van der Waals surface area contributed by atoms with Crippen LogP contribution in [0.2, 0.25) is 0 Å². The Morgan fingerprint density at radius 1 is 1.07 bits per heavy atom. The molecule has 7 N–H and O–H groups in total. The number of nitrogens with two attached hydrogens (primary N) is 1. The Bertz CT molecular complexity index is 743. The van der Waals surface area contributed by atoms with Gasteiger partial charge in [0.1, 0.15) is 24.4 Å². The third-order valence-corrected chi connectivity index (χ3v) is 4.78. The molecule has 0 unspecified atom stereocenters. The fourth-order valence-corrected chi connectivity index (χ4v) is 2.93. The van der Waals surface area contributed by atoms with Gasteiger partial charge in [-0.2, -0.15) is 11.8 Å². The molecule has 10 nitrogen and oxygen atoms in total. The van der Waals surface area contributed by atoms with Crippen LogP contribution in [0.4, 0.5) is 0 Å². The van der Waals surface area contributed by atoms with Crippen LogP contribution in [0.3, 0.4) is 0 Å². The van der Waals surface area contributed by atoms with Crippen LogP contribution in [0.5, 0.6) is 5.75 Å². The van der Waals surface area contributed by atoms with E-state index in [9.17, 15) is 24.3 Å². The number of carboxylic acid groups (broad SMARTS) is 1. The zero-order valence-electron chi connectivity index (χ0n) is 16.9. The molecule has 0 aromatic heterocycles. The first-order valence-electron chi connectivity index (χ1n) is 9.26. The van der Waals surface area contributed by atoms with E-state index in [0.717, 1.165) is 5.56 Å². The number of rotatable bonds is 12. The van der Waals surface area contributed by atoms with Crippen molar-refractivity contribution in [3.8, 4) is 5.75 Å². The molecule has 0 saturated carbocycles. The van der Waals surface area contributed by atoms with Crippen LogP contribution in [0.15, 0.2) is 24.3 Å². The van der Waals surface area contributed by atoms with E-state index < -0.39 is 48.4 Å². The molecule has 0 fully saturated rings. The second-order valence-corrected chi connectivity index (χ2v) is 7.65. The Hall–Kier alpha value is -2.79. The number of nitrogens with one attached hydrogen (secondary N) is 3. The van der Waals surface area contributed by atoms with Crippen molar-refractivity contribution in [2.24, 2.45) is 5.73 Å². The van der Waals surface area contributed by atoms with E-state index in [2.05, 4.69) is 16.0 Å². The van der Waals surface area contributed by atoms with Crippen molar-refractivity contribution in [1.29, 1.82) is 0 Å². The van der Waals surface area contributed by atoms with Crippen molar-refractivity contribution in [3.05, 3.63) is 29.8 Å². The largest absolute Gasteiger partial charge is 0.508 e. The van der Waals surface area contributed by atoms with E-state index in [0.29, 0.717) is 12.2 Å². The average Bonchev–Trinajstić information content (AvgIpc) is 2.70. The van der Waals surface area contributed by atoms with Gasteiger partial charge in [0, 0.05) is 0 Å². The van der Waals surface area contributed by atoms with Gasteiger partial charge in [-0.15, -0.1) is 0 Å². The minimum Gasteiger partial charge on any atom is -0.508 e. The molecule has 30 heavy (non-hydrogen) atoms. The first-order valence-corrected chi connectivity index (χ1v) is 10.7. The van der Waals surface area contributed by atoms with Crippen LogP contribution >= 0.6 is 11.8 Å². The maximum absolute atomic E-state index is 12.6. The molecule has 11 heteroatoms. The molecule has 0 radical (unpaired) electrons. The third kappa shape index (κ3) is 9.14. The van der Waals surface area contributed by atoms with Gasteiger partial charge in [-0.05, 0) is 49.5 Å². The van der Waals surface area contributed by atoms with Gasteiger partial charge in [0.25, 0.3) is 0 Å². The van der Waals surface area contributed by atoms with Gasteiger partial charge in [0.15, 0.2) is 0 Å². The number of phenolic OH excluding ortho intramolecular Hbond substituents is 1. The highest BCUT2D eigenvalue weighted by atomic mass is 32.2. The van der Waals surface area contributed by atoms with Gasteiger partial charge in [0.2, 0.25) is 17.7 Å². The fourth-order valence-electron chi connectivity index (χ4n) is 2.46. The minimum absolute atomic E-state index is 0.104. The normalized spacial score (nSPS) is 13.6. The molecule has 166 valence electrons. The van der Waals surface area contributed by atoms with E-state index in [1.807, 2.05) is 6.26 Å². The van der Waals surface area contributed by atoms with Gasteiger partial charge in [-0.1, -0.05) is 12.1 Å². The molecule has 3 amide bonds. The van der Waals surface area contributed by atoms with E-state index in [4.69, 9.17) is 10.8 Å². The van der Waals surface area contributed by atoms with Gasteiger partial charge in [0.05, 0.1) is 6.04 Å². The standard InChI is InChI=1S/C19H28N4O6S/c1-11(17(27)21-10-16(25)26)22-19(29)15(7-8-30-2)23-18(28)14(20)9-12-3-5-13(24)6-4-12/h3-6,11,14-15,24H,7-10,20H2,1-2H3,(H,21,27)(H,22,29)(H,23,28)(H,25,26)/t11-,14-,15-/m1/s1. The lowest BCUT2D eigenvalue weighted by atomic mass is 10.0. The number of carboxylic acids is 1. The molecule has 0 heterocycles. The maximum Gasteiger partial charge on any atom is 0.322 e. The second kappa shape index (κ2) is 12.7. The molecular weight excluding hydrogens is 412 g/mol. The van der Waals surface area contributed by atoms with E-state index in [-0.39, 0.29) is 12.2 Å². The lowest BCUT2D eigenvalue weighted by Crippen LogP contribution is -2.55. The van der Waals surface area contributed by atoms with Gasteiger partial charge < -0.3 is 31.9 Å². The van der Waals surface area contributed by atoms with Crippen molar-refractivity contribution in [3.63, 3.8) is 0 Å². The number of aromatic hydroxyl groups is 1. The number of hydrogen-bond acceptors (Lipinski definition) is 7. The highest BCUT2D eigenvalue weighted by molar-refractivity contribution is 7.98. The maximum atomic E-state index is 12.6. The molecule has 1 rings (SSSR count). The zero-order chi connectivity index (χ0) is 22.7. The molecule has 0 aliphatic carbocycles. The molecule has 0 aliphatic heterocycles. The van der Waals surface area contributed by atoms with E-state index in [1.54, 1.807) is 12.1 Å². The number of aliphatic carboxylic acids is 1. The van der Waals surface area contributed by atoms with Crippen LogP contribution in [-0.4, -0.2) is 70.6 Å². The monoisotopic (exact) mass is 440 g/mol. The molecule has 1 aromatic carbocycles. The number of thioether (sulfide) groups is 1. The molecular formula is C19H28N4O6S. The molecule has 0 bridgehead atoms. The summed E-state index contributed by atoms with van der Waals surface area (Å²) in [6.07, 6.45) is 2.40. The second-order valence-electron chi connectivity index (χ2n) is 6.66. The van der Waals surface area contributed by atoms with Crippen LogP contribution in [0, 0.1) is 0 Å². The van der Waals surface area contributed by atoms with Gasteiger partial charge >= 0.3 is 5.97 Å². The first kappa shape index (κ1) is 25.2. The lowest BCUT2D eigenvalue weighted by molar-refractivity contribution is -0.138. The molecule has 1 aromatic rings. The summed E-state index contributed by atoms with van der Waals surface area (Å²) >= 11 is 1.49. The van der Waals surface area contributed by atoms with Gasteiger partial charge in [-0.25, -0.2) is 0 Å². The number of hydrogen-bond donors (Lipinski definition) is 6. The summed E-state index contributed by atoms with van der Waals surface area (Å²) in [5.74, 6) is -2.24. The number of amides is 3. The summed E-state index contributed by atoms with van der Waals surface area (Å²) in [5.41, 5.74) is 6.70. The van der Waals surface area contributed by atoms with Crippen LogP contribution < -0.4 is 21.7 Å². The number of carbonyl (C=O) groups is 4. The van der Waals surface area contributed by atoms with Crippen molar-refractivity contribution in [2.45, 2.75) is 37.9 Å². The van der Waals surface area contributed by atoms with Crippen LogP contribution in [0.25, 0.3) is 0 Å². The number of phenols is 1. The smallest absolute Gasteiger partial charge is 0.322 e. The van der Waals surface area contributed by atoms with Crippen molar-refractivity contribution >= 4 is 35.5 Å². The molecule has 0 spiro atoms. The number of benzene rings is 1. The summed E-state index contributed by atoms with van der Waals surface area (Å²) in [6.45, 7) is 0.858. The van der Waals surface area contributed by atoms with Crippen LogP contribution in [-0.2, 0) is 25.6 Å². The highest BCUT2D eigenvalue weighted by Crippen LogP contribution is 2.11. The Balaban J connectivity index is 2.68. The summed E-state index contributed by atoms with van der Waals surface area (Å²) in [6, 6.07) is 3.50. The lowest BCUT2D eigenvalue weighted by Gasteiger charge is -2.22. The Morgan fingerprint density at radius 3 is 2.27 bits per heavy atom. The first-order chi connectivity index (χ1) is 14.1. The Kier molecular flexibility index (Phi) is 10.7. The average molecular weight is 441 g/mol. The zero-order valence-corrected chi connectivity index (χ0v) is 17.7. The quantitative estimate of drug-likeness (QED) is 0.245. The number of carbonyl (C=O) groups excluding carboxylic acids is 3. The van der Waals surface area contributed by atoms with Crippen LogP contribution in [0.1, 0.15) is 18.9 Å². The summed E-state index contributed by atoms with van der Waals surface area (Å²) in [4.78, 5) is 47.4. The Labute approximate surface area is 179 Å². The summed E-state index contributed by atoms with van der Waals surface area (Å²) < 4.78 is 0. The van der Waals surface area contributed by atoms with E-state index >= 15 is 0 Å². The predicted molar refractivity (Wildman–Crippen MR) is 113 cm³/mol. The van der Waals surface area contributed by atoms with Crippen molar-refractivity contribution in [1.82, 2.24) is 16.0 Å². The summed E-state index contributed by atoms with van der Waals surface area (Å²) in [5, 5.41) is 25.2. The predicted octanol–water partition coefficient (Wildman–Crippen LogP) is -0.795. The van der Waals surface area contributed by atoms with Crippen molar-refractivity contribution in [2.75, 3.05) is 18.6 Å². The third-order valence-electron chi connectivity index (χ3n) is 4.14. The van der Waals surface area contributed by atoms with E-state index in [1.165, 1.54) is 30.8 Å².